The number of ketones is 1. The lowest BCUT2D eigenvalue weighted by Crippen LogP contribution is -2.54. The van der Waals surface area contributed by atoms with E-state index in [0.29, 0.717) is 70.6 Å². The Hall–Kier alpha value is -12.3. The molecule has 0 radical (unpaired) electrons. The van der Waals surface area contributed by atoms with Crippen molar-refractivity contribution in [3.63, 3.8) is 0 Å². The van der Waals surface area contributed by atoms with Crippen molar-refractivity contribution in [1.29, 1.82) is 0 Å². The van der Waals surface area contributed by atoms with E-state index < -0.39 is 201 Å². The van der Waals surface area contributed by atoms with E-state index in [2.05, 4.69) is 34.6 Å². The highest BCUT2D eigenvalue weighted by molar-refractivity contribution is 6.36. The SMILES string of the molecule is Cc1ccc(C(=O)/C=C/c2ccc(OCCCOc3cc(N4C(=O)C5C6C(=O)N(c7ccc(N8C(=O)C9C%10C(=O)N(C)C(=O)C%10C9C8=O)cc7)C(=O)C6C5C4=O)ccc3N3C(=O)C4C5C(=O)N(c6cc(C(=O)OC7CC[C@@]8(C)C(CCC9C8CC[C@@]8(C)C9CC[C@@H]8C(C)CCCC(C)C)C7)cc(N7C(=O)C8C9C(=O)N(C)C(=O)C9C8C7=O)c6)C(=O)C5C4C3=O)cc2)cc1. The van der Waals surface area contributed by atoms with Gasteiger partial charge >= 0.3 is 5.97 Å². The van der Waals surface area contributed by atoms with Crippen molar-refractivity contribution in [2.24, 2.45) is 147 Å². The highest BCUT2D eigenvalue weighted by Gasteiger charge is 2.78. The van der Waals surface area contributed by atoms with Crippen LogP contribution in [0.3, 0.4) is 0 Å². The number of likely N-dealkylation sites (tertiary alicyclic amines) is 2. The summed E-state index contributed by atoms with van der Waals surface area (Å²) in [6, 6.07) is 27.0. The summed E-state index contributed by atoms with van der Waals surface area (Å²) < 4.78 is 19.0. The van der Waals surface area contributed by atoms with Crippen LogP contribution in [-0.2, 0) is 81.4 Å². The molecule has 5 aromatic carbocycles. The van der Waals surface area contributed by atoms with Gasteiger partial charge in [-0.2, -0.15) is 0 Å². The largest absolute Gasteiger partial charge is 0.493 e. The Morgan fingerprint density at radius 1 is 0.406 bits per heavy atom. The highest BCUT2D eigenvalue weighted by atomic mass is 16.5. The van der Waals surface area contributed by atoms with Gasteiger partial charge in [0.05, 0.1) is 148 Å². The Balaban J connectivity index is 0.532. The second kappa shape index (κ2) is 29.6. The van der Waals surface area contributed by atoms with Crippen molar-refractivity contribution < 1.29 is 101 Å². The van der Waals surface area contributed by atoms with Gasteiger partial charge in [0.15, 0.2) is 5.78 Å². The average Bonchev–Trinajstić information content (AvgIpc) is 1.52. The van der Waals surface area contributed by atoms with E-state index in [-0.39, 0.29) is 82.2 Å². The van der Waals surface area contributed by atoms with E-state index in [0.717, 1.165) is 70.4 Å². The number of aryl methyl sites for hydroxylation is 1. The summed E-state index contributed by atoms with van der Waals surface area (Å²) in [6.07, 6.45) is 15.5. The van der Waals surface area contributed by atoms with Crippen LogP contribution in [0.4, 0.5) is 34.1 Å². The van der Waals surface area contributed by atoms with E-state index in [4.69, 9.17) is 14.2 Å². The molecule has 0 bridgehead atoms. The number of ether oxygens (including phenoxy) is 3. The minimum atomic E-state index is -1.47. The highest BCUT2D eigenvalue weighted by Crippen LogP contribution is 2.70. The number of carbonyl (C=O) groups excluding carboxylic acids is 18. The van der Waals surface area contributed by atoms with E-state index in [1.165, 1.54) is 119 Å². The van der Waals surface area contributed by atoms with Gasteiger partial charge in [-0.3, -0.25) is 101 Å². The molecule has 0 aromatic heterocycles. The second-order valence-corrected chi connectivity index (χ2v) is 40.0. The molecule has 8 saturated heterocycles. The first-order valence-corrected chi connectivity index (χ1v) is 45.4. The zero-order chi connectivity index (χ0) is 89.7. The maximum Gasteiger partial charge on any atom is 0.338 e. The molecular formula is C99H98N8O21. The number of allylic oxidation sites excluding steroid dienone is 1. The average molecular weight is 1740 g/mol. The lowest BCUT2D eigenvalue weighted by molar-refractivity contribution is -0.146. The molecule has 16 aliphatic rings. The van der Waals surface area contributed by atoms with Gasteiger partial charge in [-0.1, -0.05) is 102 Å². The zero-order valence-corrected chi connectivity index (χ0v) is 72.2. The van der Waals surface area contributed by atoms with Gasteiger partial charge in [-0.05, 0) is 195 Å². The summed E-state index contributed by atoms with van der Waals surface area (Å²) in [5, 5.41) is 0. The second-order valence-electron chi connectivity index (χ2n) is 40.0. The quantitative estimate of drug-likeness (QED) is 0.0204. The molecule has 0 spiro atoms. The smallest absolute Gasteiger partial charge is 0.338 e. The third-order valence-corrected chi connectivity index (χ3v) is 33.7. The molecule has 8 aliphatic carbocycles. The fraction of sp³-hybridized carbons (Fsp3) is 0.495. The topological polar surface area (TPSA) is 361 Å². The number of anilines is 6. The summed E-state index contributed by atoms with van der Waals surface area (Å²) in [4.78, 5) is 265. The monoisotopic (exact) mass is 1730 g/mol. The number of nitrogens with zero attached hydrogens (tertiary/aromatic N) is 8. The minimum absolute atomic E-state index is 0.0137. The normalized spacial score (nSPS) is 35.2. The number of hydrogen-bond donors (Lipinski definition) is 0. The first-order valence-electron chi connectivity index (χ1n) is 45.4. The number of hydrogen-bond acceptors (Lipinski definition) is 21. The fourth-order valence-corrected chi connectivity index (χ4v) is 27.3. The molecule has 8 aliphatic heterocycles. The van der Waals surface area contributed by atoms with Crippen LogP contribution >= 0.6 is 0 Å². The Bertz CT molecular complexity index is 5740. The number of imide groups is 8. The van der Waals surface area contributed by atoms with Gasteiger partial charge in [-0.15, -0.1) is 0 Å². The maximum atomic E-state index is 15.4. The van der Waals surface area contributed by atoms with Gasteiger partial charge < -0.3 is 14.2 Å². The first-order chi connectivity index (χ1) is 61.2. The third-order valence-electron chi connectivity index (χ3n) is 33.7. The van der Waals surface area contributed by atoms with E-state index in [1.54, 1.807) is 42.5 Å². The van der Waals surface area contributed by atoms with Crippen LogP contribution in [0, 0.1) is 154 Å². The number of esters is 1. The number of rotatable bonds is 22. The summed E-state index contributed by atoms with van der Waals surface area (Å²) in [5.74, 6) is -28.7. The molecule has 660 valence electrons. The van der Waals surface area contributed by atoms with Crippen LogP contribution in [0.25, 0.3) is 6.08 Å². The molecule has 8 saturated carbocycles. The Kier molecular flexibility index (Phi) is 19.1. The standard InChI is InChI=1S/C99H98N8O21/c1-44(2)11-9-12-46(4)59-29-30-60-58-28-20-50-41-57(33-35-98(50,5)61(58)34-36-99(59,60)6)128-97(125)49-39-54(105-91(119)71-67-68(72(71)92(105)120)84(112)101(8)83(67)111)42-55(40-49)106-93(121)77-78(94(106)122)80-79(77)95(123)107(96(80)124)62-31-25-53(43-64(62)127-38-10-37-126-56-26-15-47(16-27-56)17-32-63(108)48-18-13-45(3)14-19-48)104-89(117)75-73-74(76(75)90(104)118)88(116)103(87(73)115)52-23-21-51(22-24-52)102-85(113)69-65-66(70(69)86(102)114)82(110)100(7)81(65)109/h13-19,21-27,31-32,39-40,42-44,46,50,57-61,65-80H,9-12,20,28-30,33-38,41H2,1-8H3/b32-17+/t46?,50?,57?,58?,59-,60?,61?,65?,66?,67?,68?,69?,70?,71?,72?,73?,74?,75?,76?,77?,78?,79?,80?,98+,99-/m1/s1. The molecule has 21 rings (SSSR count). The van der Waals surface area contributed by atoms with E-state index >= 15 is 24.0 Å². The Morgan fingerprint density at radius 3 is 1.30 bits per heavy atom. The molecular weight excluding hydrogens is 1640 g/mol. The third kappa shape index (κ3) is 11.7. The number of benzene rings is 5. The number of fused-ring (bicyclic) bond motifs is 21. The molecule has 16 fully saturated rings. The number of amides is 16. The Morgan fingerprint density at radius 2 is 0.828 bits per heavy atom. The first kappa shape index (κ1) is 82.7. The van der Waals surface area contributed by atoms with Crippen LogP contribution in [0.15, 0.2) is 115 Å². The van der Waals surface area contributed by atoms with Crippen molar-refractivity contribution in [1.82, 2.24) is 9.80 Å². The fourth-order valence-electron chi connectivity index (χ4n) is 27.3. The van der Waals surface area contributed by atoms with Gasteiger partial charge in [-0.25, -0.2) is 24.4 Å². The van der Waals surface area contributed by atoms with Crippen LogP contribution in [0.1, 0.15) is 150 Å². The van der Waals surface area contributed by atoms with Crippen LogP contribution in [-0.4, -0.2) is 149 Å². The molecule has 5 aromatic rings. The maximum absolute atomic E-state index is 15.4. The van der Waals surface area contributed by atoms with Crippen LogP contribution < -0.4 is 38.9 Å². The molecule has 16 amide bonds. The molecule has 22 unspecified atom stereocenters. The molecule has 29 heteroatoms. The molecule has 25 atom stereocenters. The Labute approximate surface area is 736 Å². The molecule has 8 heterocycles. The lowest BCUT2D eigenvalue weighted by Gasteiger charge is -2.61. The molecule has 128 heavy (non-hydrogen) atoms. The molecule has 0 N–H and O–H groups in total. The predicted octanol–water partition coefficient (Wildman–Crippen LogP) is 9.94. The lowest BCUT2D eigenvalue weighted by atomic mass is 9.44. The van der Waals surface area contributed by atoms with Crippen LogP contribution in [0.5, 0.6) is 11.5 Å². The van der Waals surface area contributed by atoms with Gasteiger partial charge in [0.1, 0.15) is 17.6 Å². The van der Waals surface area contributed by atoms with Crippen molar-refractivity contribution >= 4 is 146 Å². The zero-order valence-electron chi connectivity index (χ0n) is 72.2. The summed E-state index contributed by atoms with van der Waals surface area (Å²) in [6.45, 7) is 13.9. The number of carbonyl (C=O) groups is 18. The van der Waals surface area contributed by atoms with Gasteiger partial charge in [0.2, 0.25) is 94.5 Å². The van der Waals surface area contributed by atoms with E-state index in [9.17, 15) is 62.3 Å². The van der Waals surface area contributed by atoms with Gasteiger partial charge in [0, 0.05) is 32.1 Å². The van der Waals surface area contributed by atoms with Crippen molar-refractivity contribution in [3.05, 3.63) is 138 Å². The predicted molar refractivity (Wildman–Crippen MR) is 455 cm³/mol. The minimum Gasteiger partial charge on any atom is -0.493 e. The van der Waals surface area contributed by atoms with Gasteiger partial charge in [0.25, 0.3) is 0 Å². The van der Waals surface area contributed by atoms with Crippen molar-refractivity contribution in [2.75, 3.05) is 56.7 Å². The summed E-state index contributed by atoms with van der Waals surface area (Å²) in [5.41, 5.74) is 1.60. The molecule has 29 nitrogen and oxygen atoms in total. The summed E-state index contributed by atoms with van der Waals surface area (Å²) >= 11 is 0. The van der Waals surface area contributed by atoms with Crippen molar-refractivity contribution in [2.45, 2.75) is 131 Å². The van der Waals surface area contributed by atoms with E-state index in [1.807, 2.05) is 19.1 Å². The summed E-state index contributed by atoms with van der Waals surface area (Å²) in [7, 11) is 2.60. The van der Waals surface area contributed by atoms with Crippen LogP contribution in [0.2, 0.25) is 0 Å². The van der Waals surface area contributed by atoms with Crippen molar-refractivity contribution in [3.8, 4) is 11.5 Å².